The van der Waals surface area contributed by atoms with E-state index in [0.717, 1.165) is 27.8 Å². The molecule has 0 radical (unpaired) electrons. The number of benzene rings is 1. The number of carbonyl (C=O) groups excluding carboxylic acids is 3. The Balaban J connectivity index is 2.10. The van der Waals surface area contributed by atoms with Crippen LogP contribution in [0.15, 0.2) is 29.2 Å². The monoisotopic (exact) mass is 333 g/mol. The molecule has 0 unspecified atom stereocenters. The smallest absolute Gasteiger partial charge is 0.326 e. The van der Waals surface area contributed by atoms with E-state index in [2.05, 4.69) is 0 Å². The van der Waals surface area contributed by atoms with Crippen LogP contribution < -0.4 is 0 Å². The summed E-state index contributed by atoms with van der Waals surface area (Å²) in [6.07, 6.45) is 1.65. The third-order valence-electron chi connectivity index (χ3n) is 2.96. The number of carbonyl (C=O) groups is 3. The van der Waals surface area contributed by atoms with Gasteiger partial charge in [0.1, 0.15) is 12.1 Å². The van der Waals surface area contributed by atoms with Crippen LogP contribution in [0.5, 0.6) is 0 Å². The lowest BCUT2D eigenvalue weighted by molar-refractivity contribution is -0.156. The van der Waals surface area contributed by atoms with Gasteiger partial charge in [0.15, 0.2) is 0 Å². The van der Waals surface area contributed by atoms with Crippen LogP contribution >= 0.6 is 11.8 Å². The second-order valence-corrected chi connectivity index (χ2v) is 7.26. The Morgan fingerprint density at radius 1 is 1.22 bits per heavy atom. The third-order valence-corrected chi connectivity index (χ3v) is 3.86. The molecule has 0 N–H and O–H groups in total. The number of ether oxygens (including phenoxy) is 1. The van der Waals surface area contributed by atoms with Gasteiger partial charge in [0, 0.05) is 0 Å². The molecule has 1 aromatic rings. The second kappa shape index (κ2) is 6.58. The number of esters is 1. The SMILES string of the molecule is Cc1ccc(C=C2SC(=O)N(CC(=O)OC(C)(C)C)C2=O)cc1. The zero-order valence-electron chi connectivity index (χ0n) is 13.6. The first-order valence-electron chi connectivity index (χ1n) is 7.19. The average molecular weight is 333 g/mol. The lowest BCUT2D eigenvalue weighted by Crippen LogP contribution is -2.37. The first-order valence-corrected chi connectivity index (χ1v) is 8.01. The Morgan fingerprint density at radius 3 is 2.39 bits per heavy atom. The maximum Gasteiger partial charge on any atom is 0.326 e. The predicted octanol–water partition coefficient (Wildman–Crippen LogP) is 3.37. The molecular formula is C17H19NO4S. The summed E-state index contributed by atoms with van der Waals surface area (Å²) >= 11 is 0.832. The van der Waals surface area contributed by atoms with Gasteiger partial charge in [-0.15, -0.1) is 0 Å². The van der Waals surface area contributed by atoms with E-state index in [4.69, 9.17) is 4.74 Å². The molecule has 6 heteroatoms. The van der Waals surface area contributed by atoms with Crippen molar-refractivity contribution in [2.24, 2.45) is 0 Å². The van der Waals surface area contributed by atoms with Crippen LogP contribution in [0.4, 0.5) is 4.79 Å². The Kier molecular flexibility index (Phi) is 4.94. The highest BCUT2D eigenvalue weighted by atomic mass is 32.2. The highest BCUT2D eigenvalue weighted by molar-refractivity contribution is 8.18. The van der Waals surface area contributed by atoms with Gasteiger partial charge in [-0.05, 0) is 51.1 Å². The van der Waals surface area contributed by atoms with Crippen molar-refractivity contribution >= 4 is 35.0 Å². The van der Waals surface area contributed by atoms with E-state index in [9.17, 15) is 14.4 Å². The molecule has 122 valence electrons. The minimum atomic E-state index is -0.656. The maximum atomic E-state index is 12.3. The Labute approximate surface area is 139 Å². The van der Waals surface area contributed by atoms with E-state index in [1.165, 1.54) is 0 Å². The van der Waals surface area contributed by atoms with Crippen molar-refractivity contribution in [3.63, 3.8) is 0 Å². The standard InChI is InChI=1S/C17H19NO4S/c1-11-5-7-12(8-6-11)9-13-15(20)18(16(21)23-13)10-14(19)22-17(2,3)4/h5-9H,10H2,1-4H3. The van der Waals surface area contributed by atoms with Gasteiger partial charge in [-0.25, -0.2) is 0 Å². The van der Waals surface area contributed by atoms with Crippen molar-refractivity contribution in [1.82, 2.24) is 4.90 Å². The summed E-state index contributed by atoms with van der Waals surface area (Å²) in [4.78, 5) is 37.3. The van der Waals surface area contributed by atoms with Crippen molar-refractivity contribution in [3.8, 4) is 0 Å². The molecule has 2 amide bonds. The summed E-state index contributed by atoms with van der Waals surface area (Å²) in [5, 5.41) is -0.459. The molecule has 23 heavy (non-hydrogen) atoms. The molecule has 5 nitrogen and oxygen atoms in total. The van der Waals surface area contributed by atoms with Crippen molar-refractivity contribution in [2.45, 2.75) is 33.3 Å². The van der Waals surface area contributed by atoms with Gasteiger partial charge in [-0.3, -0.25) is 19.3 Å². The van der Waals surface area contributed by atoms with E-state index in [1.54, 1.807) is 26.8 Å². The summed E-state index contributed by atoms with van der Waals surface area (Å²) in [5.74, 6) is -1.07. The van der Waals surface area contributed by atoms with Crippen LogP contribution in [0.25, 0.3) is 6.08 Å². The van der Waals surface area contributed by atoms with Gasteiger partial charge in [-0.2, -0.15) is 0 Å². The minimum Gasteiger partial charge on any atom is -0.459 e. The molecular weight excluding hydrogens is 314 g/mol. The van der Waals surface area contributed by atoms with E-state index in [1.807, 2.05) is 31.2 Å². The van der Waals surface area contributed by atoms with Crippen molar-refractivity contribution in [3.05, 3.63) is 40.3 Å². The largest absolute Gasteiger partial charge is 0.459 e. The van der Waals surface area contributed by atoms with Crippen LogP contribution in [0.1, 0.15) is 31.9 Å². The molecule has 1 fully saturated rings. The number of aryl methyl sites for hydroxylation is 1. The lowest BCUT2D eigenvalue weighted by atomic mass is 10.1. The van der Waals surface area contributed by atoms with Gasteiger partial charge in [0.25, 0.3) is 11.1 Å². The number of rotatable bonds is 3. The number of imide groups is 1. The van der Waals surface area contributed by atoms with Gasteiger partial charge in [0.2, 0.25) is 0 Å². The first kappa shape index (κ1) is 17.3. The first-order chi connectivity index (χ1) is 10.7. The molecule has 0 aromatic heterocycles. The fraction of sp³-hybridized carbons (Fsp3) is 0.353. The van der Waals surface area contributed by atoms with Crippen molar-refractivity contribution in [2.75, 3.05) is 6.54 Å². The van der Waals surface area contributed by atoms with Crippen molar-refractivity contribution < 1.29 is 19.1 Å². The number of nitrogens with zero attached hydrogens (tertiary/aromatic N) is 1. The number of hydrogen-bond donors (Lipinski definition) is 0. The fourth-order valence-electron chi connectivity index (χ4n) is 1.95. The zero-order chi connectivity index (χ0) is 17.2. The van der Waals surface area contributed by atoms with Crippen LogP contribution in [-0.4, -0.2) is 34.2 Å². The molecule has 0 spiro atoms. The molecule has 1 saturated heterocycles. The molecule has 1 aliphatic heterocycles. The normalized spacial score (nSPS) is 17.0. The number of amides is 2. The maximum absolute atomic E-state index is 12.3. The molecule has 1 aromatic carbocycles. The van der Waals surface area contributed by atoms with E-state index < -0.39 is 22.7 Å². The van der Waals surface area contributed by atoms with Crippen molar-refractivity contribution in [1.29, 1.82) is 0 Å². The summed E-state index contributed by atoms with van der Waals surface area (Å²) in [6, 6.07) is 7.60. The average Bonchev–Trinajstić information content (AvgIpc) is 2.67. The summed E-state index contributed by atoms with van der Waals surface area (Å²) in [5.41, 5.74) is 1.29. The van der Waals surface area contributed by atoms with Gasteiger partial charge in [-0.1, -0.05) is 29.8 Å². The van der Waals surface area contributed by atoms with E-state index >= 15 is 0 Å². The Hall–Kier alpha value is -2.08. The molecule has 2 rings (SSSR count). The predicted molar refractivity (Wildman–Crippen MR) is 89.7 cm³/mol. The van der Waals surface area contributed by atoms with Crippen LogP contribution in [0.3, 0.4) is 0 Å². The number of hydrogen-bond acceptors (Lipinski definition) is 5. The quantitative estimate of drug-likeness (QED) is 0.627. The summed E-state index contributed by atoms with van der Waals surface area (Å²) < 4.78 is 5.15. The Bertz CT molecular complexity index is 671. The molecule has 0 bridgehead atoms. The second-order valence-electron chi connectivity index (χ2n) is 6.26. The molecule has 1 heterocycles. The highest BCUT2D eigenvalue weighted by Crippen LogP contribution is 2.32. The fourth-order valence-corrected chi connectivity index (χ4v) is 2.79. The molecule has 0 atom stereocenters. The van der Waals surface area contributed by atoms with Crippen LogP contribution in [-0.2, 0) is 14.3 Å². The lowest BCUT2D eigenvalue weighted by Gasteiger charge is -2.21. The van der Waals surface area contributed by atoms with Gasteiger partial charge >= 0.3 is 5.97 Å². The summed E-state index contributed by atoms with van der Waals surface area (Å²) in [7, 11) is 0. The zero-order valence-corrected chi connectivity index (χ0v) is 14.4. The minimum absolute atomic E-state index is 0.308. The van der Waals surface area contributed by atoms with E-state index in [0.29, 0.717) is 4.91 Å². The number of thioether (sulfide) groups is 1. The topological polar surface area (TPSA) is 63.7 Å². The third kappa shape index (κ3) is 4.69. The summed E-state index contributed by atoms with van der Waals surface area (Å²) in [6.45, 7) is 6.80. The van der Waals surface area contributed by atoms with Crippen LogP contribution in [0.2, 0.25) is 0 Å². The Morgan fingerprint density at radius 2 is 1.83 bits per heavy atom. The highest BCUT2D eigenvalue weighted by Gasteiger charge is 2.37. The molecule has 1 aliphatic rings. The van der Waals surface area contributed by atoms with Crippen LogP contribution in [0, 0.1) is 6.92 Å². The molecule has 0 aliphatic carbocycles. The van der Waals surface area contributed by atoms with Gasteiger partial charge < -0.3 is 4.74 Å². The molecule has 0 saturated carbocycles. The van der Waals surface area contributed by atoms with E-state index in [-0.39, 0.29) is 6.54 Å². The van der Waals surface area contributed by atoms with Gasteiger partial charge in [0.05, 0.1) is 4.91 Å².